The quantitative estimate of drug-likeness (QED) is 0.859. The Morgan fingerprint density at radius 2 is 1.96 bits per heavy atom. The fraction of sp³-hybridized carbons (Fsp3) is 0.389. The third kappa shape index (κ3) is 3.38. The molecule has 3 heterocycles. The first-order chi connectivity index (χ1) is 12.6. The molecule has 0 radical (unpaired) electrons. The lowest BCUT2D eigenvalue weighted by molar-refractivity contribution is -0.120. The minimum Gasteiger partial charge on any atom is -0.371 e. The van der Waals surface area contributed by atoms with Gasteiger partial charge in [0.25, 0.3) is 0 Å². The van der Waals surface area contributed by atoms with Crippen molar-refractivity contribution in [3.8, 4) is 11.3 Å². The van der Waals surface area contributed by atoms with E-state index in [0.717, 1.165) is 0 Å². The van der Waals surface area contributed by atoms with E-state index >= 15 is 0 Å². The number of rotatable bonds is 4. The number of carbonyl (C=O) groups excluding carboxylic acids is 1. The van der Waals surface area contributed by atoms with Crippen molar-refractivity contribution in [2.75, 3.05) is 18.5 Å². The third-order valence-corrected chi connectivity index (χ3v) is 4.53. The number of carbonyl (C=O) groups is 1. The third-order valence-electron chi connectivity index (χ3n) is 4.53. The number of nitrogens with zero attached hydrogens (tertiary/aromatic N) is 2. The molecule has 2 aliphatic rings. The maximum atomic E-state index is 13.4. The van der Waals surface area contributed by atoms with E-state index in [9.17, 15) is 9.18 Å². The molecular formula is C18H19FN4O3. The Morgan fingerprint density at radius 1 is 1.19 bits per heavy atom. The van der Waals surface area contributed by atoms with E-state index in [-0.39, 0.29) is 36.0 Å². The zero-order valence-electron chi connectivity index (χ0n) is 14.2. The maximum absolute atomic E-state index is 13.4. The van der Waals surface area contributed by atoms with Gasteiger partial charge in [0.2, 0.25) is 11.9 Å². The van der Waals surface area contributed by atoms with Gasteiger partial charge in [0.1, 0.15) is 18.0 Å². The minimum absolute atomic E-state index is 0.106. The number of benzene rings is 1. The van der Waals surface area contributed by atoms with E-state index in [4.69, 9.17) is 9.47 Å². The predicted octanol–water partition coefficient (Wildman–Crippen LogP) is 1.37. The lowest BCUT2D eigenvalue weighted by Crippen LogP contribution is -2.44. The van der Waals surface area contributed by atoms with Crippen molar-refractivity contribution in [1.29, 1.82) is 0 Å². The Labute approximate surface area is 149 Å². The first-order valence-electron chi connectivity index (χ1n) is 8.46. The molecule has 2 aliphatic heterocycles. The van der Waals surface area contributed by atoms with Crippen molar-refractivity contribution >= 4 is 11.9 Å². The van der Waals surface area contributed by atoms with Crippen LogP contribution in [-0.2, 0) is 14.3 Å². The van der Waals surface area contributed by atoms with Crippen LogP contribution < -0.4 is 10.6 Å². The molecule has 2 aromatic rings. The molecule has 4 atom stereocenters. The number of anilines is 1. The molecule has 4 rings (SSSR count). The highest BCUT2D eigenvalue weighted by molar-refractivity contribution is 5.73. The molecule has 0 spiro atoms. The summed E-state index contributed by atoms with van der Waals surface area (Å²) in [5.41, 5.74) is 1.31. The van der Waals surface area contributed by atoms with Gasteiger partial charge in [-0.3, -0.25) is 4.79 Å². The van der Waals surface area contributed by atoms with E-state index in [1.165, 1.54) is 19.1 Å². The number of nitrogens with one attached hydrogen (secondary N) is 2. The Balaban J connectivity index is 1.47. The standard InChI is InChI=1S/C18H19FN4O3/c1-10(24)21-14-8-25-17-15(9-26-16(14)17)23-18-20-6-5-13(22-18)11-3-2-4-12(19)7-11/h2-7,14-17H,8-9H2,1H3,(H,21,24)(H,20,22,23)/t14-,15+,16-,17+/m1/s1. The number of amides is 1. The van der Waals surface area contributed by atoms with Crippen LogP contribution in [0.4, 0.5) is 10.3 Å². The highest BCUT2D eigenvalue weighted by atomic mass is 19.1. The molecule has 26 heavy (non-hydrogen) atoms. The Hall–Kier alpha value is -2.58. The van der Waals surface area contributed by atoms with Crippen molar-refractivity contribution in [2.45, 2.75) is 31.2 Å². The van der Waals surface area contributed by atoms with Crippen molar-refractivity contribution in [2.24, 2.45) is 0 Å². The lowest BCUT2D eigenvalue weighted by atomic mass is 10.1. The molecule has 8 heteroatoms. The summed E-state index contributed by atoms with van der Waals surface area (Å²) in [5, 5.41) is 6.08. The van der Waals surface area contributed by atoms with Gasteiger partial charge >= 0.3 is 0 Å². The summed E-state index contributed by atoms with van der Waals surface area (Å²) in [4.78, 5) is 20.0. The fourth-order valence-corrected chi connectivity index (χ4v) is 3.41. The first-order valence-corrected chi connectivity index (χ1v) is 8.46. The van der Waals surface area contributed by atoms with Gasteiger partial charge in [0.05, 0.1) is 31.0 Å². The maximum Gasteiger partial charge on any atom is 0.223 e. The number of hydrogen-bond acceptors (Lipinski definition) is 6. The van der Waals surface area contributed by atoms with Gasteiger partial charge < -0.3 is 20.1 Å². The van der Waals surface area contributed by atoms with Gasteiger partial charge in [-0.2, -0.15) is 0 Å². The summed E-state index contributed by atoms with van der Waals surface area (Å²) in [5.74, 6) is 0.00370. The molecular weight excluding hydrogens is 339 g/mol. The van der Waals surface area contributed by atoms with E-state index in [0.29, 0.717) is 30.4 Å². The molecule has 1 aromatic heterocycles. The monoisotopic (exact) mass is 358 g/mol. The summed E-state index contributed by atoms with van der Waals surface area (Å²) in [6.07, 6.45) is 1.24. The average molecular weight is 358 g/mol. The lowest BCUT2D eigenvalue weighted by Gasteiger charge is -2.18. The predicted molar refractivity (Wildman–Crippen MR) is 91.9 cm³/mol. The molecule has 2 N–H and O–H groups in total. The van der Waals surface area contributed by atoms with Crippen molar-refractivity contribution in [3.05, 3.63) is 42.3 Å². The SMILES string of the molecule is CC(=O)N[C@@H]1CO[C@@H]2[C@@H]1OC[C@@H]2Nc1nccc(-c2cccc(F)c2)n1. The van der Waals surface area contributed by atoms with Gasteiger partial charge in [-0.25, -0.2) is 14.4 Å². The topological polar surface area (TPSA) is 85.4 Å². The van der Waals surface area contributed by atoms with E-state index in [1.807, 2.05) is 0 Å². The molecule has 0 aliphatic carbocycles. The van der Waals surface area contributed by atoms with E-state index in [2.05, 4.69) is 20.6 Å². The van der Waals surface area contributed by atoms with Crippen molar-refractivity contribution in [3.63, 3.8) is 0 Å². The number of ether oxygens (including phenoxy) is 2. The molecule has 2 fully saturated rings. The second-order valence-corrected chi connectivity index (χ2v) is 6.43. The number of fused-ring (bicyclic) bond motifs is 1. The fourth-order valence-electron chi connectivity index (χ4n) is 3.41. The normalized spacial score (nSPS) is 27.2. The van der Waals surface area contributed by atoms with Crippen LogP contribution in [0.2, 0.25) is 0 Å². The van der Waals surface area contributed by atoms with Crippen LogP contribution in [0.25, 0.3) is 11.3 Å². The minimum atomic E-state index is -0.314. The molecule has 0 bridgehead atoms. The van der Waals surface area contributed by atoms with Crippen LogP contribution in [0, 0.1) is 5.82 Å². The number of aromatic nitrogens is 2. The largest absolute Gasteiger partial charge is 0.371 e. The highest BCUT2D eigenvalue weighted by Crippen LogP contribution is 2.29. The van der Waals surface area contributed by atoms with Crippen LogP contribution in [-0.4, -0.2) is 53.4 Å². The average Bonchev–Trinajstić information content (AvgIpc) is 3.19. The van der Waals surface area contributed by atoms with Crippen LogP contribution >= 0.6 is 0 Å². The summed E-state index contributed by atoms with van der Waals surface area (Å²) >= 11 is 0. The van der Waals surface area contributed by atoms with Crippen LogP contribution in [0.1, 0.15) is 6.92 Å². The van der Waals surface area contributed by atoms with Gasteiger partial charge in [0, 0.05) is 18.7 Å². The zero-order chi connectivity index (χ0) is 18.1. The molecule has 7 nitrogen and oxygen atoms in total. The Morgan fingerprint density at radius 3 is 2.73 bits per heavy atom. The van der Waals surface area contributed by atoms with Gasteiger partial charge in [0.15, 0.2) is 0 Å². The summed E-state index contributed by atoms with van der Waals surface area (Å²) in [7, 11) is 0. The van der Waals surface area contributed by atoms with Gasteiger partial charge in [-0.15, -0.1) is 0 Å². The molecule has 1 aromatic carbocycles. The number of hydrogen-bond donors (Lipinski definition) is 2. The van der Waals surface area contributed by atoms with Gasteiger partial charge in [-0.1, -0.05) is 12.1 Å². The molecule has 2 saturated heterocycles. The summed E-state index contributed by atoms with van der Waals surface area (Å²) in [6.45, 7) is 2.32. The zero-order valence-corrected chi connectivity index (χ0v) is 14.2. The highest BCUT2D eigenvalue weighted by Gasteiger charge is 2.48. The van der Waals surface area contributed by atoms with Crippen molar-refractivity contribution < 1.29 is 18.7 Å². The Kier molecular flexibility index (Phi) is 4.52. The van der Waals surface area contributed by atoms with Crippen LogP contribution in [0.15, 0.2) is 36.5 Å². The molecule has 1 amide bonds. The van der Waals surface area contributed by atoms with Crippen LogP contribution in [0.5, 0.6) is 0 Å². The molecule has 0 unspecified atom stereocenters. The van der Waals surface area contributed by atoms with E-state index in [1.54, 1.807) is 24.4 Å². The second-order valence-electron chi connectivity index (χ2n) is 6.43. The molecule has 136 valence electrons. The van der Waals surface area contributed by atoms with E-state index < -0.39 is 0 Å². The van der Waals surface area contributed by atoms with Crippen molar-refractivity contribution in [1.82, 2.24) is 15.3 Å². The van der Waals surface area contributed by atoms with Crippen LogP contribution in [0.3, 0.4) is 0 Å². The van der Waals surface area contributed by atoms with Gasteiger partial charge in [-0.05, 0) is 18.2 Å². The smallest absolute Gasteiger partial charge is 0.223 e. The first kappa shape index (κ1) is 16.9. The molecule has 0 saturated carbocycles. The second kappa shape index (κ2) is 6.97. The number of halogens is 1. The summed E-state index contributed by atoms with van der Waals surface area (Å²) < 4.78 is 25.0. The Bertz CT molecular complexity index is 819. The summed E-state index contributed by atoms with van der Waals surface area (Å²) in [6, 6.07) is 7.71.